The number of aryl methyl sites for hydroxylation is 3. The van der Waals surface area contributed by atoms with Crippen molar-refractivity contribution in [1.29, 1.82) is 0 Å². The highest BCUT2D eigenvalue weighted by Crippen LogP contribution is 2.29. The highest BCUT2D eigenvalue weighted by Gasteiger charge is 2.09. The smallest absolute Gasteiger partial charge is 0.138 e. The Balaban J connectivity index is 1.62. The van der Waals surface area contributed by atoms with Gasteiger partial charge in [0, 0.05) is 27.9 Å². The van der Waals surface area contributed by atoms with Crippen LogP contribution in [0, 0.1) is 0 Å². The van der Waals surface area contributed by atoms with Gasteiger partial charge in [0.1, 0.15) is 11.0 Å². The zero-order chi connectivity index (χ0) is 20.2. The molecular weight excluding hydrogens is 446 g/mol. The Morgan fingerprint density at radius 1 is 0.931 bits per heavy atom. The van der Waals surface area contributed by atoms with Gasteiger partial charge in [-0.1, -0.05) is 64.8 Å². The van der Waals surface area contributed by atoms with E-state index in [0.717, 1.165) is 40.6 Å². The molecule has 146 valence electrons. The van der Waals surface area contributed by atoms with Gasteiger partial charge in [-0.2, -0.15) is 0 Å². The van der Waals surface area contributed by atoms with E-state index in [1.165, 1.54) is 22.1 Å². The summed E-state index contributed by atoms with van der Waals surface area (Å²) in [4.78, 5) is 8.79. The summed E-state index contributed by atoms with van der Waals surface area (Å²) < 4.78 is 1.11. The SMILES string of the molecule is CCc1ccc(Nc2ncc(CCc3ccnc(Cl)c3)c3ccccc23)cc1Br. The van der Waals surface area contributed by atoms with Crippen LogP contribution in [0.5, 0.6) is 0 Å². The van der Waals surface area contributed by atoms with Crippen molar-refractivity contribution in [3.8, 4) is 0 Å². The number of pyridine rings is 2. The molecule has 0 bridgehead atoms. The molecule has 0 saturated carbocycles. The summed E-state index contributed by atoms with van der Waals surface area (Å²) in [5.41, 5.74) is 4.71. The molecule has 0 unspecified atom stereocenters. The minimum atomic E-state index is 0.533. The van der Waals surface area contributed by atoms with E-state index < -0.39 is 0 Å². The molecule has 0 fully saturated rings. The first-order valence-corrected chi connectivity index (χ1v) is 10.8. The van der Waals surface area contributed by atoms with Crippen LogP contribution in [-0.4, -0.2) is 9.97 Å². The maximum absolute atomic E-state index is 6.01. The minimum Gasteiger partial charge on any atom is -0.340 e. The average Bonchev–Trinajstić information content (AvgIpc) is 2.73. The second kappa shape index (κ2) is 8.93. The summed E-state index contributed by atoms with van der Waals surface area (Å²) in [5, 5.41) is 6.35. The van der Waals surface area contributed by atoms with Crippen LogP contribution in [0.1, 0.15) is 23.6 Å². The van der Waals surface area contributed by atoms with Crippen LogP contribution in [-0.2, 0) is 19.3 Å². The van der Waals surface area contributed by atoms with E-state index in [9.17, 15) is 0 Å². The predicted octanol–water partition coefficient (Wildman–Crippen LogP) is 7.14. The number of rotatable bonds is 6. The number of nitrogens with one attached hydrogen (secondary N) is 1. The Morgan fingerprint density at radius 3 is 2.52 bits per heavy atom. The molecular formula is C24H21BrClN3. The molecule has 4 rings (SSSR count). The summed E-state index contributed by atoms with van der Waals surface area (Å²) in [5.74, 6) is 0.868. The fourth-order valence-corrected chi connectivity index (χ4v) is 4.33. The maximum Gasteiger partial charge on any atom is 0.138 e. The normalized spacial score (nSPS) is 11.0. The zero-order valence-corrected chi connectivity index (χ0v) is 18.5. The molecule has 2 aromatic heterocycles. The van der Waals surface area contributed by atoms with E-state index in [0.29, 0.717) is 5.15 Å². The van der Waals surface area contributed by atoms with Crippen molar-refractivity contribution >= 4 is 49.8 Å². The Bertz CT molecular complexity index is 1160. The van der Waals surface area contributed by atoms with Crippen LogP contribution in [0.25, 0.3) is 10.8 Å². The number of fused-ring (bicyclic) bond motifs is 1. The van der Waals surface area contributed by atoms with Gasteiger partial charge in [0.15, 0.2) is 0 Å². The molecule has 5 heteroatoms. The molecule has 3 nitrogen and oxygen atoms in total. The number of aromatic nitrogens is 2. The van der Waals surface area contributed by atoms with Crippen LogP contribution in [0.15, 0.2) is 71.5 Å². The van der Waals surface area contributed by atoms with Gasteiger partial charge in [0.25, 0.3) is 0 Å². The maximum atomic E-state index is 6.01. The number of hydrogen-bond donors (Lipinski definition) is 1. The number of nitrogens with zero attached hydrogens (tertiary/aromatic N) is 2. The number of halogens is 2. The van der Waals surface area contributed by atoms with Crippen molar-refractivity contribution in [2.24, 2.45) is 0 Å². The van der Waals surface area contributed by atoms with Gasteiger partial charge >= 0.3 is 0 Å². The van der Waals surface area contributed by atoms with Crippen LogP contribution in [0.2, 0.25) is 5.15 Å². The van der Waals surface area contributed by atoms with Crippen molar-refractivity contribution in [3.63, 3.8) is 0 Å². The molecule has 0 atom stereocenters. The molecule has 0 radical (unpaired) electrons. The van der Waals surface area contributed by atoms with Crippen molar-refractivity contribution < 1.29 is 0 Å². The minimum absolute atomic E-state index is 0.533. The molecule has 0 aliphatic heterocycles. The molecule has 0 aliphatic rings. The summed E-state index contributed by atoms with van der Waals surface area (Å²) in [6.07, 6.45) is 6.52. The van der Waals surface area contributed by atoms with Crippen LogP contribution >= 0.6 is 27.5 Å². The molecule has 0 aliphatic carbocycles. The fourth-order valence-electron chi connectivity index (χ4n) is 3.48. The predicted molar refractivity (Wildman–Crippen MR) is 125 cm³/mol. The lowest BCUT2D eigenvalue weighted by atomic mass is 10.0. The summed E-state index contributed by atoms with van der Waals surface area (Å²) in [6, 6.07) is 18.7. The Labute approximate surface area is 184 Å². The van der Waals surface area contributed by atoms with E-state index in [1.54, 1.807) is 6.20 Å². The van der Waals surface area contributed by atoms with Crippen molar-refractivity contribution in [3.05, 3.63) is 93.3 Å². The largest absolute Gasteiger partial charge is 0.340 e. The number of anilines is 2. The lowest BCUT2D eigenvalue weighted by molar-refractivity contribution is 0.956. The highest BCUT2D eigenvalue weighted by molar-refractivity contribution is 9.10. The van der Waals surface area contributed by atoms with Crippen LogP contribution in [0.3, 0.4) is 0 Å². The third kappa shape index (κ3) is 4.60. The molecule has 4 aromatic rings. The van der Waals surface area contributed by atoms with Gasteiger partial charge in [0.05, 0.1) is 0 Å². The average molecular weight is 467 g/mol. The first-order valence-electron chi connectivity index (χ1n) is 9.66. The molecule has 29 heavy (non-hydrogen) atoms. The van der Waals surface area contributed by atoms with Crippen molar-refractivity contribution in [2.45, 2.75) is 26.2 Å². The molecule has 1 N–H and O–H groups in total. The quantitative estimate of drug-likeness (QED) is 0.307. The van der Waals surface area contributed by atoms with Crippen molar-refractivity contribution in [1.82, 2.24) is 9.97 Å². The first kappa shape index (κ1) is 19.9. The van der Waals surface area contributed by atoms with Crippen LogP contribution < -0.4 is 5.32 Å². The van der Waals surface area contributed by atoms with E-state index >= 15 is 0 Å². The monoisotopic (exact) mass is 465 g/mol. The number of hydrogen-bond acceptors (Lipinski definition) is 3. The van der Waals surface area contributed by atoms with Gasteiger partial charge in [-0.15, -0.1) is 0 Å². The topological polar surface area (TPSA) is 37.8 Å². The van der Waals surface area contributed by atoms with Crippen molar-refractivity contribution in [2.75, 3.05) is 5.32 Å². The third-order valence-electron chi connectivity index (χ3n) is 5.05. The highest BCUT2D eigenvalue weighted by atomic mass is 79.9. The zero-order valence-electron chi connectivity index (χ0n) is 16.1. The van der Waals surface area contributed by atoms with Gasteiger partial charge in [-0.3, -0.25) is 0 Å². The van der Waals surface area contributed by atoms with E-state index in [-0.39, 0.29) is 0 Å². The summed E-state index contributed by atoms with van der Waals surface area (Å²) in [6.45, 7) is 2.15. The number of benzene rings is 2. The van der Waals surface area contributed by atoms with E-state index in [1.807, 2.05) is 18.3 Å². The molecule has 2 heterocycles. The van der Waals surface area contributed by atoms with Gasteiger partial charge in [-0.25, -0.2) is 9.97 Å². The summed E-state index contributed by atoms with van der Waals surface area (Å²) >= 11 is 9.67. The van der Waals surface area contributed by atoms with Gasteiger partial charge in [-0.05, 0) is 65.6 Å². The summed E-state index contributed by atoms with van der Waals surface area (Å²) in [7, 11) is 0. The van der Waals surface area contributed by atoms with Gasteiger partial charge < -0.3 is 5.32 Å². The van der Waals surface area contributed by atoms with Gasteiger partial charge in [0.2, 0.25) is 0 Å². The fraction of sp³-hybridized carbons (Fsp3) is 0.167. The first-order chi connectivity index (χ1) is 14.1. The molecule has 2 aromatic carbocycles. The molecule has 0 spiro atoms. The second-order valence-electron chi connectivity index (χ2n) is 6.95. The standard InChI is InChI=1S/C24H21BrClN3/c1-2-17-9-10-19(14-22(17)25)29-24-21-6-4-3-5-20(21)18(15-28-24)8-7-16-11-12-27-23(26)13-16/h3-6,9-15H,2,7-8H2,1H3,(H,28,29). The molecule has 0 saturated heterocycles. The van der Waals surface area contributed by atoms with Crippen LogP contribution in [0.4, 0.5) is 11.5 Å². The van der Waals surface area contributed by atoms with E-state index in [4.69, 9.17) is 16.6 Å². The third-order valence-corrected chi connectivity index (χ3v) is 5.99. The van der Waals surface area contributed by atoms with E-state index in [2.05, 4.69) is 75.6 Å². The lowest BCUT2D eigenvalue weighted by Gasteiger charge is -2.13. The Morgan fingerprint density at radius 2 is 1.76 bits per heavy atom. The molecule has 0 amide bonds. The Hall–Kier alpha value is -2.43. The Kier molecular flexibility index (Phi) is 6.12. The lowest BCUT2D eigenvalue weighted by Crippen LogP contribution is -1.99. The second-order valence-corrected chi connectivity index (χ2v) is 8.19.